The van der Waals surface area contributed by atoms with Crippen molar-refractivity contribution in [2.75, 3.05) is 16.2 Å². The number of para-hydroxylation sites is 1. The van der Waals surface area contributed by atoms with Crippen molar-refractivity contribution in [2.24, 2.45) is 5.10 Å². The van der Waals surface area contributed by atoms with Gasteiger partial charge in [0.15, 0.2) is 0 Å². The highest BCUT2D eigenvalue weighted by molar-refractivity contribution is 7.92. The minimum atomic E-state index is -3.60. The molecule has 1 aliphatic heterocycles. The third-order valence-corrected chi connectivity index (χ3v) is 8.09. The van der Waals surface area contributed by atoms with Crippen LogP contribution < -0.4 is 4.72 Å². The number of nitrogens with one attached hydrogen (secondary N) is 1. The van der Waals surface area contributed by atoms with Gasteiger partial charge >= 0.3 is 0 Å². The normalized spacial score (nSPS) is 17.1. The van der Waals surface area contributed by atoms with Crippen LogP contribution in [0.25, 0.3) is 0 Å². The number of hydrazone groups is 1. The van der Waals surface area contributed by atoms with Crippen LogP contribution in [0, 0.1) is 6.92 Å². The lowest BCUT2D eigenvalue weighted by Crippen LogP contribution is -2.29. The van der Waals surface area contributed by atoms with Crippen LogP contribution in [-0.4, -0.2) is 38.5 Å². The molecule has 1 aliphatic rings. The number of aryl methyl sites for hydroxylation is 1. The van der Waals surface area contributed by atoms with E-state index in [1.54, 1.807) is 31.2 Å². The molecule has 1 atom stereocenters. The van der Waals surface area contributed by atoms with Gasteiger partial charge in [-0.1, -0.05) is 55.0 Å². The Balaban J connectivity index is 2.05. The van der Waals surface area contributed by atoms with Crippen molar-refractivity contribution in [3.05, 3.63) is 65.2 Å². The summed E-state index contributed by atoms with van der Waals surface area (Å²) >= 11 is 0. The Labute approximate surface area is 178 Å². The van der Waals surface area contributed by atoms with Crippen molar-refractivity contribution in [3.8, 4) is 0 Å². The molecule has 0 aromatic heterocycles. The number of benzene rings is 2. The third-order valence-electron chi connectivity index (χ3n) is 4.97. The number of sulfonamides is 2. The Bertz CT molecular complexity index is 1140. The summed E-state index contributed by atoms with van der Waals surface area (Å²) in [4.78, 5) is 0. The van der Waals surface area contributed by atoms with Crippen molar-refractivity contribution in [1.82, 2.24) is 4.41 Å². The van der Waals surface area contributed by atoms with E-state index in [0.717, 1.165) is 11.1 Å². The summed E-state index contributed by atoms with van der Waals surface area (Å²) in [5, 5.41) is 4.47. The van der Waals surface area contributed by atoms with E-state index < -0.39 is 26.1 Å². The number of hydrogen-bond acceptors (Lipinski definition) is 5. The van der Waals surface area contributed by atoms with Gasteiger partial charge in [-0.2, -0.15) is 9.52 Å². The Morgan fingerprint density at radius 2 is 1.70 bits per heavy atom. The molecule has 0 saturated carbocycles. The lowest BCUT2D eigenvalue weighted by molar-refractivity contribution is 0.371. The fourth-order valence-corrected chi connectivity index (χ4v) is 5.53. The topological polar surface area (TPSA) is 95.9 Å². The molecule has 0 aliphatic carbocycles. The summed E-state index contributed by atoms with van der Waals surface area (Å²) in [7, 11) is -7.09. The smallest absolute Gasteiger partial charge is 0.250 e. The zero-order valence-electron chi connectivity index (χ0n) is 17.4. The van der Waals surface area contributed by atoms with Crippen LogP contribution in [-0.2, 0) is 20.0 Å². The predicted molar refractivity (Wildman–Crippen MR) is 121 cm³/mol. The summed E-state index contributed by atoms with van der Waals surface area (Å²) in [5.74, 6) is -0.0624. The van der Waals surface area contributed by atoms with Crippen molar-refractivity contribution < 1.29 is 16.8 Å². The van der Waals surface area contributed by atoms with E-state index in [-0.39, 0.29) is 11.5 Å². The molecular formula is C21H27N3O4S2. The van der Waals surface area contributed by atoms with Crippen LogP contribution in [0.1, 0.15) is 49.4 Å². The Kier molecular flexibility index (Phi) is 6.52. The van der Waals surface area contributed by atoms with Gasteiger partial charge in [0, 0.05) is 12.0 Å². The van der Waals surface area contributed by atoms with E-state index in [1.165, 1.54) is 4.41 Å². The highest BCUT2D eigenvalue weighted by Crippen LogP contribution is 2.36. The second-order valence-electron chi connectivity index (χ2n) is 7.32. The monoisotopic (exact) mass is 449 g/mol. The van der Waals surface area contributed by atoms with E-state index in [2.05, 4.69) is 9.82 Å². The van der Waals surface area contributed by atoms with Crippen LogP contribution >= 0.6 is 0 Å². The Morgan fingerprint density at radius 1 is 1.03 bits per heavy atom. The van der Waals surface area contributed by atoms with Crippen LogP contribution in [0.4, 0.5) is 5.69 Å². The molecule has 2 aromatic carbocycles. The van der Waals surface area contributed by atoms with E-state index >= 15 is 0 Å². The van der Waals surface area contributed by atoms with Gasteiger partial charge in [-0.3, -0.25) is 4.72 Å². The maximum atomic E-state index is 12.9. The summed E-state index contributed by atoms with van der Waals surface area (Å²) in [5.41, 5.74) is 3.46. The molecule has 9 heteroatoms. The molecular weight excluding hydrogens is 422 g/mol. The Hall–Kier alpha value is -2.39. The van der Waals surface area contributed by atoms with Gasteiger partial charge in [0.2, 0.25) is 20.0 Å². The molecule has 0 radical (unpaired) electrons. The summed E-state index contributed by atoms with van der Waals surface area (Å²) in [6.07, 6.45) is 0.841. The first kappa shape index (κ1) is 22.3. The second kappa shape index (κ2) is 8.77. The first-order valence-electron chi connectivity index (χ1n) is 9.93. The molecule has 0 bridgehead atoms. The van der Waals surface area contributed by atoms with Crippen molar-refractivity contribution in [3.63, 3.8) is 0 Å². The van der Waals surface area contributed by atoms with E-state index in [1.807, 2.05) is 38.1 Å². The van der Waals surface area contributed by atoms with Crippen LogP contribution in [0.15, 0.2) is 53.6 Å². The SMILES string of the molecule is CCCS(=O)(=O)N1N=C(c2ccccc2NS(=O)(=O)CC)C[C@H]1c1ccc(C)cc1. The molecule has 0 fully saturated rings. The quantitative estimate of drug-likeness (QED) is 0.665. The summed E-state index contributed by atoms with van der Waals surface area (Å²) in [6.45, 7) is 5.35. The number of hydrogen-bond donors (Lipinski definition) is 1. The highest BCUT2D eigenvalue weighted by Gasteiger charge is 2.36. The number of anilines is 1. The molecule has 1 heterocycles. The maximum Gasteiger partial charge on any atom is 0.250 e. The zero-order chi connectivity index (χ0) is 21.9. The van der Waals surface area contributed by atoms with Gasteiger partial charge in [0.1, 0.15) is 0 Å². The van der Waals surface area contributed by atoms with Gasteiger partial charge in [-0.15, -0.1) is 0 Å². The summed E-state index contributed by atoms with van der Waals surface area (Å²) in [6, 6.07) is 14.2. The van der Waals surface area contributed by atoms with E-state index in [4.69, 9.17) is 0 Å². The highest BCUT2D eigenvalue weighted by atomic mass is 32.2. The minimum absolute atomic E-state index is 0.00372. The van der Waals surface area contributed by atoms with Crippen molar-refractivity contribution >= 4 is 31.4 Å². The van der Waals surface area contributed by atoms with Crippen LogP contribution in [0.2, 0.25) is 0 Å². The van der Waals surface area contributed by atoms with Crippen LogP contribution in [0.3, 0.4) is 0 Å². The zero-order valence-corrected chi connectivity index (χ0v) is 19.0. The second-order valence-corrected chi connectivity index (χ2v) is 11.3. The Morgan fingerprint density at radius 3 is 2.33 bits per heavy atom. The van der Waals surface area contributed by atoms with Crippen LogP contribution in [0.5, 0.6) is 0 Å². The fraction of sp³-hybridized carbons (Fsp3) is 0.381. The third kappa shape index (κ3) is 4.84. The molecule has 3 rings (SSSR count). The molecule has 0 amide bonds. The lowest BCUT2D eigenvalue weighted by Gasteiger charge is -2.23. The van der Waals surface area contributed by atoms with Gasteiger partial charge in [0.25, 0.3) is 0 Å². The maximum absolute atomic E-state index is 12.9. The minimum Gasteiger partial charge on any atom is -0.283 e. The molecule has 7 nitrogen and oxygen atoms in total. The van der Waals surface area contributed by atoms with Gasteiger partial charge in [0.05, 0.1) is 28.9 Å². The van der Waals surface area contributed by atoms with Gasteiger partial charge in [-0.05, 0) is 31.9 Å². The standard InChI is InChI=1S/C21H27N3O4S2/c1-4-14-30(27,28)24-21(17-12-10-16(3)11-13-17)15-20(22-24)18-8-6-7-9-19(18)23-29(25,26)5-2/h6-13,21,23H,4-5,14-15H2,1-3H3/t21-/m0/s1. The van der Waals surface area contributed by atoms with E-state index in [0.29, 0.717) is 29.8 Å². The van der Waals surface area contributed by atoms with Crippen molar-refractivity contribution in [1.29, 1.82) is 0 Å². The first-order valence-corrected chi connectivity index (χ1v) is 13.2. The fourth-order valence-electron chi connectivity index (χ4n) is 3.36. The largest absolute Gasteiger partial charge is 0.283 e. The summed E-state index contributed by atoms with van der Waals surface area (Å²) < 4.78 is 53.8. The molecule has 30 heavy (non-hydrogen) atoms. The van der Waals surface area contributed by atoms with Gasteiger partial charge < -0.3 is 0 Å². The number of rotatable bonds is 8. The average molecular weight is 450 g/mol. The molecule has 162 valence electrons. The first-order chi connectivity index (χ1) is 14.2. The predicted octanol–water partition coefficient (Wildman–Crippen LogP) is 3.65. The molecule has 1 N–H and O–H groups in total. The average Bonchev–Trinajstić information content (AvgIpc) is 3.15. The molecule has 0 unspecified atom stereocenters. The molecule has 0 spiro atoms. The van der Waals surface area contributed by atoms with Crippen molar-refractivity contribution in [2.45, 2.75) is 39.7 Å². The van der Waals surface area contributed by atoms with E-state index in [9.17, 15) is 16.8 Å². The molecule has 2 aromatic rings. The number of nitrogens with zero attached hydrogens (tertiary/aromatic N) is 2. The molecule has 0 saturated heterocycles. The lowest BCUT2D eigenvalue weighted by atomic mass is 9.98. The van der Waals surface area contributed by atoms with Gasteiger partial charge in [-0.25, -0.2) is 16.8 Å².